The van der Waals surface area contributed by atoms with Gasteiger partial charge in [-0.25, -0.2) is 4.68 Å². The van der Waals surface area contributed by atoms with E-state index in [0.717, 1.165) is 30.0 Å². The monoisotopic (exact) mass is 375 g/mol. The van der Waals surface area contributed by atoms with E-state index >= 15 is 0 Å². The minimum Gasteiger partial charge on any atom is -0.465 e. The van der Waals surface area contributed by atoms with Crippen molar-refractivity contribution in [2.24, 2.45) is 0 Å². The van der Waals surface area contributed by atoms with Gasteiger partial charge < -0.3 is 9.73 Å². The SMILES string of the molecule is Cc1ccc(CN(CC(=O)Nc2c(C#N)cnn2-c2ccccc2)C2CC2)o1. The molecule has 7 nitrogen and oxygen atoms in total. The number of nitrogens with zero attached hydrogens (tertiary/aromatic N) is 4. The van der Waals surface area contributed by atoms with Crippen molar-refractivity contribution < 1.29 is 9.21 Å². The van der Waals surface area contributed by atoms with Gasteiger partial charge in [-0.3, -0.25) is 9.69 Å². The fourth-order valence-corrected chi connectivity index (χ4v) is 3.20. The van der Waals surface area contributed by atoms with Gasteiger partial charge in [0.15, 0.2) is 5.82 Å². The summed E-state index contributed by atoms with van der Waals surface area (Å²) < 4.78 is 7.24. The number of anilines is 1. The topological polar surface area (TPSA) is 87.1 Å². The first-order chi connectivity index (χ1) is 13.6. The van der Waals surface area contributed by atoms with Gasteiger partial charge in [0, 0.05) is 6.04 Å². The lowest BCUT2D eigenvalue weighted by Crippen LogP contribution is -2.35. The average molecular weight is 375 g/mol. The zero-order chi connectivity index (χ0) is 19.5. The molecule has 0 spiro atoms. The van der Waals surface area contributed by atoms with Crippen LogP contribution < -0.4 is 5.32 Å². The van der Waals surface area contributed by atoms with Crippen LogP contribution in [0.5, 0.6) is 0 Å². The lowest BCUT2D eigenvalue weighted by atomic mass is 10.3. The minimum atomic E-state index is -0.177. The molecule has 0 bridgehead atoms. The van der Waals surface area contributed by atoms with Crippen LogP contribution in [-0.4, -0.2) is 33.2 Å². The number of para-hydroxylation sites is 1. The van der Waals surface area contributed by atoms with Crippen molar-refractivity contribution >= 4 is 11.7 Å². The Labute approximate surface area is 163 Å². The maximum absolute atomic E-state index is 12.8. The van der Waals surface area contributed by atoms with Crippen molar-refractivity contribution in [2.75, 3.05) is 11.9 Å². The van der Waals surface area contributed by atoms with E-state index in [1.807, 2.05) is 49.4 Å². The minimum absolute atomic E-state index is 0.177. The number of hydrogen-bond acceptors (Lipinski definition) is 5. The predicted molar refractivity (Wildman–Crippen MR) is 104 cm³/mol. The van der Waals surface area contributed by atoms with Crippen LogP contribution in [0.4, 0.5) is 5.82 Å². The van der Waals surface area contributed by atoms with Gasteiger partial charge in [-0.05, 0) is 44.0 Å². The summed E-state index contributed by atoms with van der Waals surface area (Å²) in [5, 5.41) is 16.5. The molecule has 1 aromatic carbocycles. The first-order valence-corrected chi connectivity index (χ1v) is 9.27. The molecule has 2 aromatic heterocycles. The Morgan fingerprint density at radius 3 is 2.75 bits per heavy atom. The van der Waals surface area contributed by atoms with E-state index in [9.17, 15) is 10.1 Å². The molecule has 1 aliphatic rings. The molecule has 3 aromatic rings. The van der Waals surface area contributed by atoms with Crippen LogP contribution in [0, 0.1) is 18.3 Å². The van der Waals surface area contributed by atoms with E-state index in [-0.39, 0.29) is 12.5 Å². The number of carbonyl (C=O) groups excluding carboxylic acids is 1. The molecular weight excluding hydrogens is 354 g/mol. The summed E-state index contributed by atoms with van der Waals surface area (Å²) in [4.78, 5) is 14.9. The third-order valence-electron chi connectivity index (χ3n) is 4.71. The van der Waals surface area contributed by atoms with Gasteiger partial charge in [-0.2, -0.15) is 10.4 Å². The molecule has 0 aliphatic heterocycles. The van der Waals surface area contributed by atoms with Crippen LogP contribution in [0.25, 0.3) is 5.69 Å². The van der Waals surface area contributed by atoms with E-state index in [0.29, 0.717) is 24.0 Å². The van der Waals surface area contributed by atoms with E-state index in [4.69, 9.17) is 4.42 Å². The molecule has 0 saturated heterocycles. The Kier molecular flexibility index (Phi) is 4.96. The number of amides is 1. The number of nitrogens with one attached hydrogen (secondary N) is 1. The molecule has 1 aliphatic carbocycles. The van der Waals surface area contributed by atoms with Gasteiger partial charge in [0.05, 0.1) is 25.0 Å². The number of aromatic nitrogens is 2. The summed E-state index contributed by atoms with van der Waals surface area (Å²) in [7, 11) is 0. The predicted octanol–water partition coefficient (Wildman–Crippen LogP) is 3.25. The number of furan rings is 1. The zero-order valence-corrected chi connectivity index (χ0v) is 15.6. The molecule has 0 atom stereocenters. The molecule has 1 amide bonds. The number of benzene rings is 1. The summed E-state index contributed by atoms with van der Waals surface area (Å²) in [5.41, 5.74) is 1.11. The van der Waals surface area contributed by atoms with E-state index in [1.165, 1.54) is 6.20 Å². The molecule has 0 radical (unpaired) electrons. The first-order valence-electron chi connectivity index (χ1n) is 9.27. The van der Waals surface area contributed by atoms with Crippen LogP contribution in [0.2, 0.25) is 0 Å². The van der Waals surface area contributed by atoms with Crippen molar-refractivity contribution in [2.45, 2.75) is 32.4 Å². The van der Waals surface area contributed by atoms with Crippen LogP contribution in [0.3, 0.4) is 0 Å². The Morgan fingerprint density at radius 1 is 1.32 bits per heavy atom. The smallest absolute Gasteiger partial charge is 0.239 e. The summed E-state index contributed by atoms with van der Waals surface area (Å²) in [6.07, 6.45) is 3.63. The third-order valence-corrected chi connectivity index (χ3v) is 4.71. The average Bonchev–Trinajstić information content (AvgIpc) is 3.36. The lowest BCUT2D eigenvalue weighted by molar-refractivity contribution is -0.117. The highest BCUT2D eigenvalue weighted by atomic mass is 16.3. The highest BCUT2D eigenvalue weighted by molar-refractivity contribution is 5.93. The fourth-order valence-electron chi connectivity index (χ4n) is 3.20. The van der Waals surface area contributed by atoms with Crippen LogP contribution in [0.1, 0.15) is 29.9 Å². The zero-order valence-electron chi connectivity index (χ0n) is 15.6. The second-order valence-electron chi connectivity index (χ2n) is 6.96. The number of nitriles is 1. The van der Waals surface area contributed by atoms with E-state index in [2.05, 4.69) is 21.4 Å². The molecule has 7 heteroatoms. The first kappa shape index (κ1) is 18.0. The number of rotatable bonds is 7. The molecule has 2 heterocycles. The van der Waals surface area contributed by atoms with Crippen molar-refractivity contribution in [3.63, 3.8) is 0 Å². The highest BCUT2D eigenvalue weighted by Gasteiger charge is 2.31. The van der Waals surface area contributed by atoms with E-state index in [1.54, 1.807) is 4.68 Å². The van der Waals surface area contributed by atoms with Gasteiger partial charge in [-0.1, -0.05) is 18.2 Å². The molecule has 1 saturated carbocycles. The molecule has 1 fully saturated rings. The number of aryl methyl sites for hydroxylation is 1. The quantitative estimate of drug-likeness (QED) is 0.685. The molecule has 4 rings (SSSR count). The molecule has 142 valence electrons. The van der Waals surface area contributed by atoms with Crippen molar-refractivity contribution in [1.82, 2.24) is 14.7 Å². The van der Waals surface area contributed by atoms with Crippen molar-refractivity contribution in [3.05, 3.63) is 65.7 Å². The Balaban J connectivity index is 1.50. The fraction of sp³-hybridized carbons (Fsp3) is 0.286. The van der Waals surface area contributed by atoms with Gasteiger partial charge >= 0.3 is 0 Å². The highest BCUT2D eigenvalue weighted by Crippen LogP contribution is 2.28. The van der Waals surface area contributed by atoms with Crippen LogP contribution >= 0.6 is 0 Å². The summed E-state index contributed by atoms with van der Waals surface area (Å²) >= 11 is 0. The summed E-state index contributed by atoms with van der Waals surface area (Å²) in [5.74, 6) is 1.93. The summed E-state index contributed by atoms with van der Waals surface area (Å²) in [6, 6.07) is 15.8. The van der Waals surface area contributed by atoms with Crippen molar-refractivity contribution in [1.29, 1.82) is 5.26 Å². The molecule has 0 unspecified atom stereocenters. The van der Waals surface area contributed by atoms with Gasteiger partial charge in [0.2, 0.25) is 5.91 Å². The lowest BCUT2D eigenvalue weighted by Gasteiger charge is -2.20. The van der Waals surface area contributed by atoms with E-state index < -0.39 is 0 Å². The second-order valence-corrected chi connectivity index (χ2v) is 6.96. The summed E-state index contributed by atoms with van der Waals surface area (Å²) in [6.45, 7) is 2.73. The van der Waals surface area contributed by atoms with Crippen LogP contribution in [0.15, 0.2) is 53.1 Å². The van der Waals surface area contributed by atoms with Crippen LogP contribution in [-0.2, 0) is 11.3 Å². The van der Waals surface area contributed by atoms with Gasteiger partial charge in [0.25, 0.3) is 0 Å². The Morgan fingerprint density at radius 2 is 2.11 bits per heavy atom. The Hall–Kier alpha value is -3.37. The molecule has 1 N–H and O–H groups in total. The third kappa shape index (κ3) is 3.97. The van der Waals surface area contributed by atoms with Gasteiger partial charge in [-0.15, -0.1) is 0 Å². The maximum atomic E-state index is 12.8. The van der Waals surface area contributed by atoms with Crippen molar-refractivity contribution in [3.8, 4) is 11.8 Å². The Bertz CT molecular complexity index is 1010. The molecule has 28 heavy (non-hydrogen) atoms. The maximum Gasteiger partial charge on any atom is 0.239 e. The largest absolute Gasteiger partial charge is 0.465 e. The normalized spacial score (nSPS) is 13.5. The standard InChI is InChI=1S/C21H21N5O2/c1-15-7-10-19(28-15)13-25(17-8-9-17)14-20(27)24-21-16(11-22)12-23-26(21)18-5-3-2-4-6-18/h2-7,10,12,17H,8-9,13-14H2,1H3,(H,24,27). The second kappa shape index (κ2) is 7.71. The number of hydrogen-bond donors (Lipinski definition) is 1. The molecular formula is C21H21N5O2. The number of carbonyl (C=O) groups is 1. The van der Waals surface area contributed by atoms with Gasteiger partial charge in [0.1, 0.15) is 23.2 Å².